The van der Waals surface area contributed by atoms with Crippen molar-refractivity contribution in [3.63, 3.8) is 0 Å². The number of carbonyl (C=O) groups is 1. The van der Waals surface area contributed by atoms with Crippen molar-refractivity contribution in [1.29, 1.82) is 0 Å². The summed E-state index contributed by atoms with van der Waals surface area (Å²) in [5.41, 5.74) is -0.0426. The minimum absolute atomic E-state index is 0.0120. The summed E-state index contributed by atoms with van der Waals surface area (Å²) >= 11 is 0. The second-order valence-electron chi connectivity index (χ2n) is 5.90. The molecule has 1 aromatic rings. The molecule has 0 spiro atoms. The van der Waals surface area contributed by atoms with Gasteiger partial charge >= 0.3 is 6.18 Å². The molecule has 6 nitrogen and oxygen atoms in total. The van der Waals surface area contributed by atoms with Crippen molar-refractivity contribution in [1.82, 2.24) is 9.62 Å². The van der Waals surface area contributed by atoms with Crippen LogP contribution in [0.2, 0.25) is 0 Å². The van der Waals surface area contributed by atoms with Gasteiger partial charge in [-0.25, -0.2) is 8.42 Å². The number of halogens is 3. The molecule has 0 bridgehead atoms. The maximum atomic E-state index is 12.7. The number of rotatable bonds is 6. The summed E-state index contributed by atoms with van der Waals surface area (Å²) in [7, 11) is -3.75. The van der Waals surface area contributed by atoms with E-state index in [0.29, 0.717) is 19.6 Å². The fraction of sp³-hybridized carbons (Fsp3) is 0.562. The summed E-state index contributed by atoms with van der Waals surface area (Å²) in [6, 6.07) is 4.84. The minimum Gasteiger partial charge on any atom is -0.377 e. The van der Waals surface area contributed by atoms with E-state index >= 15 is 0 Å². The van der Waals surface area contributed by atoms with Crippen LogP contribution in [0.25, 0.3) is 0 Å². The van der Waals surface area contributed by atoms with E-state index in [1.807, 2.05) is 6.92 Å². The Morgan fingerprint density at radius 3 is 2.54 bits per heavy atom. The predicted molar refractivity (Wildman–Crippen MR) is 88.2 cm³/mol. The van der Waals surface area contributed by atoms with Gasteiger partial charge in [-0.2, -0.15) is 17.5 Å². The Bertz CT molecular complexity index is 718. The lowest BCUT2D eigenvalue weighted by atomic mass is 10.1. The van der Waals surface area contributed by atoms with Crippen molar-refractivity contribution in [2.75, 3.05) is 26.2 Å². The average molecular weight is 394 g/mol. The molecule has 1 heterocycles. The Morgan fingerprint density at radius 1 is 1.31 bits per heavy atom. The molecular formula is C16H21F3N2O4S. The molecule has 1 amide bonds. The van der Waals surface area contributed by atoms with Crippen LogP contribution in [0, 0.1) is 0 Å². The summed E-state index contributed by atoms with van der Waals surface area (Å²) in [5.74, 6) is -0.916. The van der Waals surface area contributed by atoms with Crippen LogP contribution >= 0.6 is 0 Å². The Hall–Kier alpha value is -1.65. The molecule has 1 N–H and O–H groups in total. The number of hydrogen-bond acceptors (Lipinski definition) is 4. The highest BCUT2D eigenvalue weighted by Crippen LogP contribution is 2.22. The summed E-state index contributed by atoms with van der Waals surface area (Å²) < 4.78 is 68.6. The molecule has 2 rings (SSSR count). The third-order valence-electron chi connectivity index (χ3n) is 3.95. The summed E-state index contributed by atoms with van der Waals surface area (Å²) in [4.78, 5) is 11.7. The quantitative estimate of drug-likeness (QED) is 0.802. The van der Waals surface area contributed by atoms with Crippen molar-refractivity contribution in [3.8, 4) is 0 Å². The van der Waals surface area contributed by atoms with E-state index in [0.717, 1.165) is 6.42 Å². The van der Waals surface area contributed by atoms with Gasteiger partial charge in [-0.3, -0.25) is 4.79 Å². The number of amides is 1. The van der Waals surface area contributed by atoms with E-state index in [1.54, 1.807) is 5.32 Å². The number of nitrogens with zero attached hydrogens (tertiary/aromatic N) is 1. The topological polar surface area (TPSA) is 75.7 Å². The molecule has 1 atom stereocenters. The third-order valence-corrected chi connectivity index (χ3v) is 5.83. The number of nitrogens with one attached hydrogen (secondary N) is 1. The molecule has 1 aliphatic rings. The number of benzene rings is 1. The first-order valence-electron chi connectivity index (χ1n) is 8.20. The molecule has 26 heavy (non-hydrogen) atoms. The van der Waals surface area contributed by atoms with Crippen LogP contribution in [-0.2, 0) is 14.8 Å². The number of carbonyl (C=O) groups excluding carboxylic acids is 1. The zero-order chi connectivity index (χ0) is 19.4. The molecule has 1 saturated heterocycles. The van der Waals surface area contributed by atoms with Gasteiger partial charge in [0.15, 0.2) is 0 Å². The number of ether oxygens (including phenoxy) is 1. The summed E-state index contributed by atoms with van der Waals surface area (Å²) in [6.45, 7) is 1.53. The van der Waals surface area contributed by atoms with Crippen molar-refractivity contribution in [2.24, 2.45) is 0 Å². The third kappa shape index (κ3) is 5.42. The lowest BCUT2D eigenvalue weighted by Crippen LogP contribution is -2.43. The first-order valence-corrected chi connectivity index (χ1v) is 9.64. The molecule has 0 aliphatic carbocycles. The molecular weight excluding hydrogens is 373 g/mol. The second-order valence-corrected chi connectivity index (χ2v) is 7.84. The molecule has 146 valence electrons. The van der Waals surface area contributed by atoms with Crippen molar-refractivity contribution in [3.05, 3.63) is 29.8 Å². The fourth-order valence-corrected chi connectivity index (χ4v) is 4.22. The second kappa shape index (κ2) is 8.36. The van der Waals surface area contributed by atoms with E-state index in [9.17, 15) is 26.4 Å². The van der Waals surface area contributed by atoms with Crippen LogP contribution < -0.4 is 5.32 Å². The van der Waals surface area contributed by atoms with E-state index in [1.165, 1.54) is 28.6 Å². The van der Waals surface area contributed by atoms with Gasteiger partial charge in [0, 0.05) is 25.3 Å². The summed E-state index contributed by atoms with van der Waals surface area (Å²) in [5, 5.41) is 1.74. The van der Waals surface area contributed by atoms with Crippen molar-refractivity contribution < 1.29 is 31.1 Å². The van der Waals surface area contributed by atoms with Gasteiger partial charge in [0.25, 0.3) is 5.91 Å². The molecule has 0 saturated carbocycles. The molecule has 1 aliphatic heterocycles. The van der Waals surface area contributed by atoms with Gasteiger partial charge in [-0.1, -0.05) is 0 Å². The monoisotopic (exact) mass is 394 g/mol. The molecule has 0 aromatic heterocycles. The lowest BCUT2D eigenvalue weighted by Gasteiger charge is -2.31. The molecule has 10 heteroatoms. The van der Waals surface area contributed by atoms with Crippen LogP contribution in [0.5, 0.6) is 0 Å². The van der Waals surface area contributed by atoms with E-state index in [4.69, 9.17) is 4.74 Å². The number of sulfonamides is 1. The predicted octanol–water partition coefficient (Wildman–Crippen LogP) is 2.17. The Balaban J connectivity index is 2.07. The standard InChI is InChI=1S/C16H21F3N2O4S/c1-2-25-13-4-3-9-21(10-13)26(23,24)14-7-5-12(6-8-14)15(22)20-11-16(17,18)19/h5-8,13H,2-4,9-11H2,1H3,(H,20,22). The zero-order valence-electron chi connectivity index (χ0n) is 14.3. The van der Waals surface area contributed by atoms with E-state index in [-0.39, 0.29) is 23.1 Å². The Morgan fingerprint density at radius 2 is 1.96 bits per heavy atom. The molecule has 1 unspecified atom stereocenters. The minimum atomic E-state index is -4.51. The highest BCUT2D eigenvalue weighted by Gasteiger charge is 2.31. The van der Waals surface area contributed by atoms with Gasteiger partial charge in [-0.15, -0.1) is 0 Å². The van der Waals surface area contributed by atoms with Gasteiger partial charge in [-0.05, 0) is 44.0 Å². The zero-order valence-corrected chi connectivity index (χ0v) is 15.1. The fourth-order valence-electron chi connectivity index (χ4n) is 2.70. The number of piperidine rings is 1. The first kappa shape index (κ1) is 20.7. The number of alkyl halides is 3. The van der Waals surface area contributed by atoms with Crippen molar-refractivity contribution >= 4 is 15.9 Å². The van der Waals surface area contributed by atoms with Gasteiger partial charge < -0.3 is 10.1 Å². The van der Waals surface area contributed by atoms with Crippen LogP contribution in [0.4, 0.5) is 13.2 Å². The van der Waals surface area contributed by atoms with E-state index < -0.39 is 28.7 Å². The average Bonchev–Trinajstić information content (AvgIpc) is 2.60. The molecule has 1 aromatic carbocycles. The first-order chi connectivity index (χ1) is 12.1. The Kier molecular flexibility index (Phi) is 6.64. The van der Waals surface area contributed by atoms with Gasteiger partial charge in [0.05, 0.1) is 11.0 Å². The smallest absolute Gasteiger partial charge is 0.377 e. The number of hydrogen-bond donors (Lipinski definition) is 1. The largest absolute Gasteiger partial charge is 0.405 e. The van der Waals surface area contributed by atoms with Crippen LogP contribution in [0.1, 0.15) is 30.1 Å². The molecule has 1 fully saturated rings. The lowest BCUT2D eigenvalue weighted by molar-refractivity contribution is -0.123. The van der Waals surface area contributed by atoms with Gasteiger partial charge in [0.2, 0.25) is 10.0 Å². The maximum absolute atomic E-state index is 12.7. The van der Waals surface area contributed by atoms with Crippen LogP contribution in [0.15, 0.2) is 29.2 Å². The maximum Gasteiger partial charge on any atom is 0.405 e. The molecule has 0 radical (unpaired) electrons. The Labute approximate surface area is 150 Å². The van der Waals surface area contributed by atoms with Gasteiger partial charge in [0.1, 0.15) is 6.54 Å². The highest BCUT2D eigenvalue weighted by atomic mass is 32.2. The van der Waals surface area contributed by atoms with E-state index in [2.05, 4.69) is 0 Å². The highest BCUT2D eigenvalue weighted by molar-refractivity contribution is 7.89. The summed E-state index contributed by atoms with van der Waals surface area (Å²) in [6.07, 6.45) is -3.19. The van der Waals surface area contributed by atoms with Crippen LogP contribution in [0.3, 0.4) is 0 Å². The van der Waals surface area contributed by atoms with Crippen LogP contribution in [-0.4, -0.2) is 57.2 Å². The SMILES string of the molecule is CCOC1CCCN(S(=O)(=O)c2ccc(C(=O)NCC(F)(F)F)cc2)C1. The van der Waals surface area contributed by atoms with Crippen molar-refractivity contribution in [2.45, 2.75) is 36.9 Å². The normalized spacial score (nSPS) is 19.3.